The molecule has 0 aliphatic carbocycles. The smallest absolute Gasteiger partial charge is 0.418 e. The number of nitrogens with zero attached hydrogens (tertiary/aromatic N) is 1. The molecule has 0 radical (unpaired) electrons. The number of benzene rings is 1. The van der Waals surface area contributed by atoms with Crippen LogP contribution in [0.4, 0.5) is 0 Å². The maximum atomic E-state index is 5.81. The third-order valence-corrected chi connectivity index (χ3v) is 4.12. The van der Waals surface area contributed by atoms with E-state index in [1.54, 1.807) is 7.11 Å². The average molecular weight is 289 g/mol. The van der Waals surface area contributed by atoms with Gasteiger partial charge in [0.2, 0.25) is 0 Å². The molecule has 0 bridgehead atoms. The molecule has 3 heteroatoms. The van der Waals surface area contributed by atoms with E-state index in [1.807, 2.05) is 0 Å². The van der Waals surface area contributed by atoms with Gasteiger partial charge < -0.3 is 9.47 Å². The van der Waals surface area contributed by atoms with Crippen LogP contribution < -0.4 is 5.46 Å². The second-order valence-corrected chi connectivity index (χ2v) is 7.13. The fourth-order valence-corrected chi connectivity index (χ4v) is 2.88. The van der Waals surface area contributed by atoms with Crippen molar-refractivity contribution < 1.29 is 4.65 Å². The van der Waals surface area contributed by atoms with Crippen molar-refractivity contribution in [2.24, 2.45) is 0 Å². The number of hydrogen-bond donors (Lipinski definition) is 0. The molecule has 0 N–H and O–H groups in total. The van der Waals surface area contributed by atoms with E-state index in [0.717, 1.165) is 0 Å². The minimum Gasteiger partial charge on any atom is -0.420 e. The molecular formula is C18H32BNO. The molecule has 0 saturated heterocycles. The first kappa shape index (κ1) is 18.3. The van der Waals surface area contributed by atoms with Crippen molar-refractivity contribution in [2.45, 2.75) is 59.3 Å². The van der Waals surface area contributed by atoms with Crippen molar-refractivity contribution in [3.63, 3.8) is 0 Å². The maximum absolute atomic E-state index is 5.81. The molecule has 0 saturated carbocycles. The zero-order chi connectivity index (χ0) is 16.3. The lowest BCUT2D eigenvalue weighted by Crippen LogP contribution is -2.49. The summed E-state index contributed by atoms with van der Waals surface area (Å²) >= 11 is 0. The van der Waals surface area contributed by atoms with Crippen LogP contribution in [0.2, 0.25) is 0 Å². The Bertz CT molecular complexity index is 437. The second kappa shape index (κ2) is 7.46. The van der Waals surface area contributed by atoms with E-state index in [1.165, 1.54) is 22.2 Å². The van der Waals surface area contributed by atoms with E-state index in [4.69, 9.17) is 4.65 Å². The predicted octanol–water partition coefficient (Wildman–Crippen LogP) is 3.96. The monoisotopic (exact) mass is 289 g/mol. The highest BCUT2D eigenvalue weighted by atomic mass is 16.4. The van der Waals surface area contributed by atoms with Crippen LogP contribution in [0.15, 0.2) is 12.1 Å². The summed E-state index contributed by atoms with van der Waals surface area (Å²) in [7, 11) is 5.98. The molecular weight excluding hydrogens is 257 g/mol. The van der Waals surface area contributed by atoms with Gasteiger partial charge in [0.05, 0.1) is 0 Å². The fourth-order valence-electron chi connectivity index (χ4n) is 2.88. The topological polar surface area (TPSA) is 12.5 Å². The van der Waals surface area contributed by atoms with Crippen LogP contribution in [0, 0.1) is 0 Å². The molecule has 21 heavy (non-hydrogen) atoms. The summed E-state index contributed by atoms with van der Waals surface area (Å²) in [6.45, 7) is 13.6. The van der Waals surface area contributed by atoms with Crippen LogP contribution in [0.5, 0.6) is 0 Å². The molecule has 0 aromatic heterocycles. The highest BCUT2D eigenvalue weighted by Crippen LogP contribution is 2.26. The zero-order valence-corrected chi connectivity index (χ0v) is 15.3. The van der Waals surface area contributed by atoms with Gasteiger partial charge in [-0.3, -0.25) is 0 Å². The van der Waals surface area contributed by atoms with Crippen LogP contribution in [0.1, 0.15) is 76.0 Å². The summed E-state index contributed by atoms with van der Waals surface area (Å²) in [5.74, 6) is 1.54. The summed E-state index contributed by atoms with van der Waals surface area (Å²) < 4.78 is 5.81. The maximum Gasteiger partial charge on any atom is 0.418 e. The largest absolute Gasteiger partial charge is 0.420 e. The molecule has 0 amide bonds. The van der Waals surface area contributed by atoms with Crippen LogP contribution in [-0.4, -0.2) is 33.1 Å². The highest BCUT2D eigenvalue weighted by molar-refractivity contribution is 6.65. The van der Waals surface area contributed by atoms with Crippen LogP contribution in [0.25, 0.3) is 0 Å². The van der Waals surface area contributed by atoms with Gasteiger partial charge in [0.25, 0.3) is 0 Å². The van der Waals surface area contributed by atoms with Gasteiger partial charge in [0.15, 0.2) is 0 Å². The van der Waals surface area contributed by atoms with Crippen molar-refractivity contribution in [1.82, 2.24) is 4.81 Å². The molecule has 1 aromatic rings. The summed E-state index contributed by atoms with van der Waals surface area (Å²) in [5, 5.41) is 0. The molecule has 0 aliphatic heterocycles. The van der Waals surface area contributed by atoms with E-state index < -0.39 is 0 Å². The molecule has 0 spiro atoms. The lowest BCUT2D eigenvalue weighted by molar-refractivity contribution is 0.375. The Kier molecular flexibility index (Phi) is 6.49. The summed E-state index contributed by atoms with van der Waals surface area (Å²) in [6, 6.07) is 4.76. The Balaban J connectivity index is 3.64. The summed E-state index contributed by atoms with van der Waals surface area (Å²) in [4.78, 5) is 2.15. The van der Waals surface area contributed by atoms with Gasteiger partial charge in [-0.15, -0.1) is 0 Å². The third-order valence-electron chi connectivity index (χ3n) is 4.12. The second-order valence-electron chi connectivity index (χ2n) is 7.13. The Hall–Kier alpha value is -0.795. The normalized spacial score (nSPS) is 12.0. The van der Waals surface area contributed by atoms with Gasteiger partial charge >= 0.3 is 7.05 Å². The lowest BCUT2D eigenvalue weighted by atomic mass is 9.63. The van der Waals surface area contributed by atoms with E-state index in [0.29, 0.717) is 17.8 Å². The molecule has 1 aromatic carbocycles. The van der Waals surface area contributed by atoms with Crippen molar-refractivity contribution in [3.05, 3.63) is 28.8 Å². The van der Waals surface area contributed by atoms with Crippen LogP contribution in [-0.2, 0) is 4.65 Å². The quantitative estimate of drug-likeness (QED) is 0.735. The first-order valence-corrected chi connectivity index (χ1v) is 8.07. The van der Waals surface area contributed by atoms with Crippen LogP contribution in [0.3, 0.4) is 0 Å². The molecule has 0 unspecified atom stereocenters. The SMILES string of the molecule is COB(c1c(C(C)C)cc(C(C)C)cc1C(C)C)N(C)C. The number of hydrogen-bond acceptors (Lipinski definition) is 2. The van der Waals surface area contributed by atoms with E-state index in [-0.39, 0.29) is 7.05 Å². The highest BCUT2D eigenvalue weighted by Gasteiger charge is 2.29. The van der Waals surface area contributed by atoms with E-state index >= 15 is 0 Å². The summed E-state index contributed by atoms with van der Waals surface area (Å²) in [6.07, 6.45) is 0. The average Bonchev–Trinajstić information content (AvgIpc) is 2.38. The molecule has 2 nitrogen and oxygen atoms in total. The lowest BCUT2D eigenvalue weighted by Gasteiger charge is -2.28. The fraction of sp³-hybridized carbons (Fsp3) is 0.667. The number of rotatable bonds is 6. The Labute approximate surface area is 132 Å². The van der Waals surface area contributed by atoms with Gasteiger partial charge in [0, 0.05) is 7.11 Å². The first-order valence-electron chi connectivity index (χ1n) is 8.07. The van der Waals surface area contributed by atoms with E-state index in [2.05, 4.69) is 72.6 Å². The molecule has 118 valence electrons. The minimum absolute atomic E-state index is 0.0148. The molecule has 0 atom stereocenters. The molecule has 0 aliphatic rings. The van der Waals surface area contributed by atoms with Crippen molar-refractivity contribution in [2.75, 3.05) is 21.2 Å². The molecule has 0 fully saturated rings. The van der Waals surface area contributed by atoms with E-state index in [9.17, 15) is 0 Å². The first-order chi connectivity index (χ1) is 9.70. The van der Waals surface area contributed by atoms with Crippen molar-refractivity contribution in [1.29, 1.82) is 0 Å². The third kappa shape index (κ3) is 4.11. The van der Waals surface area contributed by atoms with Gasteiger partial charge in [0.1, 0.15) is 0 Å². The standard InChI is InChI=1S/C18H32BNO/c1-12(2)15-10-16(13(3)4)18(17(11-15)14(5)6)19(21-9)20(7)8/h10-14H,1-9H3. The summed E-state index contributed by atoms with van der Waals surface area (Å²) in [5.41, 5.74) is 5.63. The molecule has 1 rings (SSSR count). The van der Waals surface area contributed by atoms with Gasteiger partial charge in [-0.2, -0.15) is 0 Å². The predicted molar refractivity (Wildman–Crippen MR) is 94.8 cm³/mol. The molecule has 0 heterocycles. The van der Waals surface area contributed by atoms with Gasteiger partial charge in [-0.25, -0.2) is 0 Å². The van der Waals surface area contributed by atoms with Gasteiger partial charge in [-0.1, -0.05) is 53.7 Å². The van der Waals surface area contributed by atoms with Crippen LogP contribution >= 0.6 is 0 Å². The zero-order valence-electron chi connectivity index (χ0n) is 15.3. The Morgan fingerprint density at radius 2 is 1.29 bits per heavy atom. The van der Waals surface area contributed by atoms with Crippen molar-refractivity contribution in [3.8, 4) is 0 Å². The Morgan fingerprint density at radius 3 is 1.52 bits per heavy atom. The Morgan fingerprint density at radius 1 is 0.857 bits per heavy atom. The van der Waals surface area contributed by atoms with Crippen molar-refractivity contribution >= 4 is 12.5 Å². The minimum atomic E-state index is 0.0148. The van der Waals surface area contributed by atoms with Gasteiger partial charge in [-0.05, 0) is 54.0 Å².